The summed E-state index contributed by atoms with van der Waals surface area (Å²) in [7, 11) is 1.32. The molecule has 2 aromatic rings. The summed E-state index contributed by atoms with van der Waals surface area (Å²) in [5.41, 5.74) is 5.37. The molecule has 1 saturated heterocycles. The van der Waals surface area contributed by atoms with Gasteiger partial charge in [0.15, 0.2) is 0 Å². The average molecular weight is 330 g/mol. The summed E-state index contributed by atoms with van der Waals surface area (Å²) < 4.78 is 18.5. The highest BCUT2D eigenvalue weighted by molar-refractivity contribution is 6.62. The molecule has 1 spiro atoms. The van der Waals surface area contributed by atoms with Crippen molar-refractivity contribution in [2.75, 3.05) is 7.11 Å². The third kappa shape index (κ3) is 1.93. The lowest BCUT2D eigenvalue weighted by atomic mass is 9.64. The van der Waals surface area contributed by atoms with Crippen molar-refractivity contribution in [2.24, 2.45) is 0 Å². The van der Waals surface area contributed by atoms with Crippen LogP contribution in [0.3, 0.4) is 0 Å². The second kappa shape index (κ2) is 5.43. The first kappa shape index (κ1) is 15.1. The summed E-state index contributed by atoms with van der Waals surface area (Å²) in [4.78, 5) is 0. The Bertz CT molecular complexity index is 904. The molecule has 0 N–H and O–H groups in total. The lowest BCUT2D eigenvalue weighted by molar-refractivity contribution is 0.105. The topological polar surface area (TPSA) is 27.7 Å². The van der Waals surface area contributed by atoms with Crippen molar-refractivity contribution in [1.29, 1.82) is 0 Å². The zero-order valence-corrected chi connectivity index (χ0v) is 14.3. The van der Waals surface area contributed by atoms with Gasteiger partial charge in [-0.05, 0) is 34.6 Å². The summed E-state index contributed by atoms with van der Waals surface area (Å²) in [6.07, 6.45) is 6.21. The van der Waals surface area contributed by atoms with Gasteiger partial charge in [-0.15, -0.1) is 0 Å². The van der Waals surface area contributed by atoms with E-state index in [-0.39, 0.29) is 12.2 Å². The van der Waals surface area contributed by atoms with Gasteiger partial charge in [-0.1, -0.05) is 66.8 Å². The molecule has 3 atom stereocenters. The Hall–Kier alpha value is -2.14. The minimum atomic E-state index is -0.473. The molecule has 0 unspecified atom stereocenters. The molecule has 1 heterocycles. The maximum absolute atomic E-state index is 6.60. The first-order chi connectivity index (χ1) is 12.3. The molecular weight excluding hydrogens is 311 g/mol. The van der Waals surface area contributed by atoms with Gasteiger partial charge in [-0.25, -0.2) is 0 Å². The number of fused-ring (bicyclic) bond motifs is 2. The average Bonchev–Trinajstić information content (AvgIpc) is 3.08. The van der Waals surface area contributed by atoms with E-state index in [4.69, 9.17) is 14.0 Å². The largest absolute Gasteiger partial charge is 0.495 e. The van der Waals surface area contributed by atoms with E-state index in [2.05, 4.69) is 54.6 Å². The van der Waals surface area contributed by atoms with Crippen LogP contribution in [0.25, 0.3) is 5.57 Å². The first-order valence-corrected chi connectivity index (χ1v) is 8.69. The van der Waals surface area contributed by atoms with Gasteiger partial charge in [-0.3, -0.25) is 0 Å². The van der Waals surface area contributed by atoms with Gasteiger partial charge in [0, 0.05) is 7.11 Å². The second-order valence-corrected chi connectivity index (χ2v) is 6.76. The standard InChI is InChI=1S/C21H19BO3/c1-14(23-2)15-8-4-6-12-19(15)22-24-20-13-7-11-18-16-9-3-5-10-17(16)21(18,20)25-22/h3-14,20H,1-2H3/t14-,20+,21-/m0/s1. The monoisotopic (exact) mass is 330 g/mol. The Morgan fingerprint density at radius 1 is 1.12 bits per heavy atom. The smallest absolute Gasteiger partial charge is 0.397 e. The van der Waals surface area contributed by atoms with Gasteiger partial charge in [0.2, 0.25) is 0 Å². The first-order valence-electron chi connectivity index (χ1n) is 8.69. The molecule has 2 aromatic carbocycles. The lowest BCUT2D eigenvalue weighted by Gasteiger charge is -2.47. The second-order valence-electron chi connectivity index (χ2n) is 6.76. The molecular formula is C21H19BO3. The third-order valence-corrected chi connectivity index (χ3v) is 5.57. The number of hydrogen-bond donors (Lipinski definition) is 0. The van der Waals surface area contributed by atoms with Crippen LogP contribution in [0.1, 0.15) is 29.7 Å². The van der Waals surface area contributed by atoms with Crippen LogP contribution in [0.4, 0.5) is 0 Å². The molecule has 124 valence electrons. The van der Waals surface area contributed by atoms with E-state index in [9.17, 15) is 0 Å². The van der Waals surface area contributed by atoms with Gasteiger partial charge >= 0.3 is 7.12 Å². The molecule has 5 rings (SSSR count). The van der Waals surface area contributed by atoms with Crippen LogP contribution in [-0.2, 0) is 19.6 Å². The molecule has 0 aromatic heterocycles. The van der Waals surface area contributed by atoms with Crippen molar-refractivity contribution < 1.29 is 14.0 Å². The highest BCUT2D eigenvalue weighted by Crippen LogP contribution is 2.59. The Labute approximate surface area is 148 Å². The quantitative estimate of drug-likeness (QED) is 0.808. The van der Waals surface area contributed by atoms with E-state index in [0.717, 1.165) is 11.0 Å². The van der Waals surface area contributed by atoms with Gasteiger partial charge < -0.3 is 14.0 Å². The summed E-state index contributed by atoms with van der Waals surface area (Å²) in [6, 6.07) is 16.6. The number of allylic oxidation sites excluding steroid dienone is 2. The molecule has 1 fully saturated rings. The molecule has 1 aliphatic heterocycles. The summed E-state index contributed by atoms with van der Waals surface area (Å²) in [5, 5.41) is 0. The fourth-order valence-electron chi connectivity index (χ4n) is 4.26. The highest BCUT2D eigenvalue weighted by atomic mass is 16.7. The summed E-state index contributed by atoms with van der Waals surface area (Å²) >= 11 is 0. The maximum atomic E-state index is 6.60. The number of benzene rings is 2. The third-order valence-electron chi connectivity index (χ3n) is 5.57. The van der Waals surface area contributed by atoms with Crippen molar-refractivity contribution in [3.8, 4) is 0 Å². The van der Waals surface area contributed by atoms with E-state index < -0.39 is 12.7 Å². The molecule has 3 nitrogen and oxygen atoms in total. The van der Waals surface area contributed by atoms with Crippen molar-refractivity contribution in [1.82, 2.24) is 0 Å². The van der Waals surface area contributed by atoms with E-state index in [1.807, 2.05) is 19.1 Å². The minimum Gasteiger partial charge on any atom is -0.397 e. The van der Waals surface area contributed by atoms with Crippen molar-refractivity contribution in [3.63, 3.8) is 0 Å². The number of methoxy groups -OCH3 is 1. The van der Waals surface area contributed by atoms with Gasteiger partial charge in [0.1, 0.15) is 5.60 Å². The van der Waals surface area contributed by atoms with Gasteiger partial charge in [0.05, 0.1) is 12.2 Å². The zero-order chi connectivity index (χ0) is 17.0. The van der Waals surface area contributed by atoms with Crippen LogP contribution >= 0.6 is 0 Å². The fraction of sp³-hybridized carbons (Fsp3) is 0.238. The van der Waals surface area contributed by atoms with Gasteiger partial charge in [0.25, 0.3) is 0 Å². The van der Waals surface area contributed by atoms with E-state index >= 15 is 0 Å². The van der Waals surface area contributed by atoms with Crippen molar-refractivity contribution >= 4 is 18.2 Å². The predicted octanol–water partition coefficient (Wildman–Crippen LogP) is 3.37. The zero-order valence-electron chi connectivity index (χ0n) is 14.3. The molecule has 3 aliphatic rings. The van der Waals surface area contributed by atoms with Crippen molar-refractivity contribution in [2.45, 2.75) is 24.7 Å². The molecule has 0 radical (unpaired) electrons. The van der Waals surface area contributed by atoms with Crippen molar-refractivity contribution in [3.05, 3.63) is 83.4 Å². The molecule has 2 aliphatic carbocycles. The maximum Gasteiger partial charge on any atom is 0.495 e. The Kier molecular flexibility index (Phi) is 3.29. The van der Waals surface area contributed by atoms with Gasteiger partial charge in [-0.2, -0.15) is 0 Å². The number of hydrogen-bond acceptors (Lipinski definition) is 3. The van der Waals surface area contributed by atoms with Crippen LogP contribution < -0.4 is 5.46 Å². The normalized spacial score (nSPS) is 27.0. The number of rotatable bonds is 3. The minimum absolute atomic E-state index is 0.0113. The molecule has 0 saturated carbocycles. The van der Waals surface area contributed by atoms with E-state index in [1.165, 1.54) is 16.7 Å². The Morgan fingerprint density at radius 3 is 2.80 bits per heavy atom. The van der Waals surface area contributed by atoms with E-state index in [0.29, 0.717) is 0 Å². The summed E-state index contributed by atoms with van der Waals surface area (Å²) in [5.74, 6) is 0. The van der Waals surface area contributed by atoms with Crippen LogP contribution in [0, 0.1) is 0 Å². The molecule has 0 amide bonds. The van der Waals surface area contributed by atoms with Crippen LogP contribution in [0.5, 0.6) is 0 Å². The molecule has 4 heteroatoms. The predicted molar refractivity (Wildman–Crippen MR) is 98.4 cm³/mol. The SMILES string of the molecule is CO[C@@H](C)c1ccccc1B1O[C@@H]2C=CC=C3c4ccccc4[C@]32O1. The fourth-order valence-corrected chi connectivity index (χ4v) is 4.26. The molecule has 25 heavy (non-hydrogen) atoms. The van der Waals surface area contributed by atoms with Crippen LogP contribution in [-0.4, -0.2) is 20.3 Å². The summed E-state index contributed by atoms with van der Waals surface area (Å²) in [6.45, 7) is 2.04. The Morgan fingerprint density at radius 2 is 1.92 bits per heavy atom. The van der Waals surface area contributed by atoms with Crippen LogP contribution in [0.15, 0.2) is 66.8 Å². The lowest BCUT2D eigenvalue weighted by Crippen LogP contribution is -2.47. The Balaban J connectivity index is 1.58. The van der Waals surface area contributed by atoms with Crippen LogP contribution in [0.2, 0.25) is 0 Å². The van der Waals surface area contributed by atoms with E-state index in [1.54, 1.807) is 7.11 Å². The number of ether oxygens (including phenoxy) is 1. The highest BCUT2D eigenvalue weighted by Gasteiger charge is 2.61. The molecule has 0 bridgehead atoms.